The molecule has 0 aliphatic carbocycles. The fourth-order valence-electron chi connectivity index (χ4n) is 2.86. The number of piperazine rings is 1. The molecule has 1 aliphatic heterocycles. The summed E-state index contributed by atoms with van der Waals surface area (Å²) in [6.07, 6.45) is 0. The summed E-state index contributed by atoms with van der Waals surface area (Å²) in [7, 11) is -2.22. The lowest BCUT2D eigenvalue weighted by Crippen LogP contribution is -2.50. The van der Waals surface area contributed by atoms with Crippen molar-refractivity contribution in [1.82, 2.24) is 9.21 Å². The molecule has 6 nitrogen and oxygen atoms in total. The number of sulfonamides is 1. The van der Waals surface area contributed by atoms with Crippen molar-refractivity contribution in [2.45, 2.75) is 4.90 Å². The third-order valence-electron chi connectivity index (χ3n) is 4.38. The van der Waals surface area contributed by atoms with Crippen molar-refractivity contribution >= 4 is 15.9 Å². The largest absolute Gasteiger partial charge is 0.497 e. The molecule has 0 radical (unpaired) electrons. The zero-order chi connectivity index (χ0) is 19.6. The lowest BCUT2D eigenvalue weighted by atomic mass is 10.1. The van der Waals surface area contributed by atoms with Gasteiger partial charge < -0.3 is 9.64 Å². The maximum atomic E-state index is 13.8. The van der Waals surface area contributed by atoms with E-state index in [1.165, 1.54) is 28.4 Å². The van der Waals surface area contributed by atoms with E-state index >= 15 is 0 Å². The number of ether oxygens (including phenoxy) is 1. The molecule has 1 fully saturated rings. The normalized spacial score (nSPS) is 15.6. The molecule has 0 bridgehead atoms. The lowest BCUT2D eigenvalue weighted by molar-refractivity contribution is 0.0692. The van der Waals surface area contributed by atoms with E-state index in [2.05, 4.69) is 0 Å². The van der Waals surface area contributed by atoms with E-state index in [1.807, 2.05) is 0 Å². The highest BCUT2D eigenvalue weighted by Gasteiger charge is 2.31. The van der Waals surface area contributed by atoms with Crippen molar-refractivity contribution in [2.75, 3.05) is 33.3 Å². The molecule has 0 N–H and O–H groups in total. The number of hydrogen-bond acceptors (Lipinski definition) is 4. The SMILES string of the molecule is COc1ccc(S(=O)(=O)N2CCN(C(=O)c3cc(F)ccc3F)CC2)cc1. The van der Waals surface area contributed by atoms with Gasteiger partial charge in [-0.3, -0.25) is 4.79 Å². The van der Waals surface area contributed by atoms with Crippen LogP contribution in [-0.4, -0.2) is 56.8 Å². The van der Waals surface area contributed by atoms with Gasteiger partial charge in [0.05, 0.1) is 17.6 Å². The third kappa shape index (κ3) is 3.93. The topological polar surface area (TPSA) is 66.9 Å². The minimum absolute atomic E-state index is 0.0665. The van der Waals surface area contributed by atoms with Gasteiger partial charge >= 0.3 is 0 Å². The minimum Gasteiger partial charge on any atom is -0.497 e. The number of carbonyl (C=O) groups is 1. The Bertz CT molecular complexity index is 940. The number of methoxy groups -OCH3 is 1. The van der Waals surface area contributed by atoms with Crippen molar-refractivity contribution in [3.05, 3.63) is 59.7 Å². The number of carbonyl (C=O) groups excluding carboxylic acids is 1. The first-order valence-electron chi connectivity index (χ1n) is 8.21. The van der Waals surface area contributed by atoms with Crippen LogP contribution in [0.3, 0.4) is 0 Å². The van der Waals surface area contributed by atoms with E-state index in [0.717, 1.165) is 18.2 Å². The van der Waals surface area contributed by atoms with E-state index in [1.54, 1.807) is 12.1 Å². The molecule has 9 heteroatoms. The Kier molecular flexibility index (Phi) is 5.43. The van der Waals surface area contributed by atoms with Crippen molar-refractivity contribution < 1.29 is 26.7 Å². The van der Waals surface area contributed by atoms with Gasteiger partial charge in [0.2, 0.25) is 10.0 Å². The molecule has 0 unspecified atom stereocenters. The maximum absolute atomic E-state index is 13.8. The zero-order valence-corrected chi connectivity index (χ0v) is 15.4. The smallest absolute Gasteiger partial charge is 0.257 e. The molecule has 1 amide bonds. The summed E-state index contributed by atoms with van der Waals surface area (Å²) in [5, 5.41) is 0. The lowest BCUT2D eigenvalue weighted by Gasteiger charge is -2.34. The Morgan fingerprint density at radius 2 is 1.63 bits per heavy atom. The number of amides is 1. The van der Waals surface area contributed by atoms with E-state index in [0.29, 0.717) is 5.75 Å². The number of benzene rings is 2. The van der Waals surface area contributed by atoms with Crippen LogP contribution in [0.5, 0.6) is 5.75 Å². The second-order valence-corrected chi connectivity index (χ2v) is 7.93. The van der Waals surface area contributed by atoms with Gasteiger partial charge in [0.25, 0.3) is 5.91 Å². The van der Waals surface area contributed by atoms with E-state index in [4.69, 9.17) is 4.74 Å². The molecule has 0 saturated carbocycles. The summed E-state index contributed by atoms with van der Waals surface area (Å²) < 4.78 is 58.8. The second kappa shape index (κ2) is 7.61. The highest BCUT2D eigenvalue weighted by atomic mass is 32.2. The number of rotatable bonds is 4. The van der Waals surface area contributed by atoms with Crippen LogP contribution in [0.1, 0.15) is 10.4 Å². The van der Waals surface area contributed by atoms with Gasteiger partial charge in [0.15, 0.2) is 0 Å². The van der Waals surface area contributed by atoms with E-state index in [9.17, 15) is 22.0 Å². The summed E-state index contributed by atoms with van der Waals surface area (Å²) >= 11 is 0. The Morgan fingerprint density at radius 3 is 2.22 bits per heavy atom. The van der Waals surface area contributed by atoms with Crippen molar-refractivity contribution in [3.63, 3.8) is 0 Å². The van der Waals surface area contributed by atoms with E-state index in [-0.39, 0.29) is 36.6 Å². The summed E-state index contributed by atoms with van der Waals surface area (Å²) in [6.45, 7) is 0.308. The summed E-state index contributed by atoms with van der Waals surface area (Å²) in [4.78, 5) is 13.8. The molecule has 0 aromatic heterocycles. The first-order valence-corrected chi connectivity index (χ1v) is 9.65. The Morgan fingerprint density at radius 1 is 1.00 bits per heavy atom. The quantitative estimate of drug-likeness (QED) is 0.794. The third-order valence-corrected chi connectivity index (χ3v) is 6.29. The van der Waals surface area contributed by atoms with Crippen LogP contribution in [0.4, 0.5) is 8.78 Å². The highest BCUT2D eigenvalue weighted by Crippen LogP contribution is 2.21. The first-order chi connectivity index (χ1) is 12.8. The standard InChI is InChI=1S/C18H18F2N2O4S/c1-26-14-3-5-15(6-4-14)27(24,25)22-10-8-21(9-11-22)18(23)16-12-13(19)2-7-17(16)20/h2-7,12H,8-11H2,1H3. The molecule has 144 valence electrons. The Hall–Kier alpha value is -2.52. The van der Waals surface area contributed by atoms with Crippen LogP contribution >= 0.6 is 0 Å². The van der Waals surface area contributed by atoms with Gasteiger partial charge in [-0.25, -0.2) is 17.2 Å². The summed E-state index contributed by atoms with van der Waals surface area (Å²) in [6, 6.07) is 8.69. The van der Waals surface area contributed by atoms with Crippen molar-refractivity contribution in [2.24, 2.45) is 0 Å². The average Bonchev–Trinajstić information content (AvgIpc) is 2.69. The molecule has 1 heterocycles. The van der Waals surface area contributed by atoms with E-state index < -0.39 is 27.6 Å². The van der Waals surface area contributed by atoms with Crippen LogP contribution in [0.2, 0.25) is 0 Å². The fraction of sp³-hybridized carbons (Fsp3) is 0.278. The molecule has 27 heavy (non-hydrogen) atoms. The number of nitrogens with zero attached hydrogens (tertiary/aromatic N) is 2. The number of halogens is 2. The minimum atomic E-state index is -3.71. The fourth-order valence-corrected chi connectivity index (χ4v) is 4.28. The van der Waals surface area contributed by atoms with Gasteiger partial charge in [-0.05, 0) is 42.5 Å². The van der Waals surface area contributed by atoms with Gasteiger partial charge in [-0.2, -0.15) is 4.31 Å². The molecular formula is C18H18F2N2O4S. The monoisotopic (exact) mass is 396 g/mol. The maximum Gasteiger partial charge on any atom is 0.257 e. The predicted molar refractivity (Wildman–Crippen MR) is 94.0 cm³/mol. The molecule has 2 aromatic carbocycles. The molecular weight excluding hydrogens is 378 g/mol. The van der Waals surface area contributed by atoms with Crippen LogP contribution < -0.4 is 4.74 Å². The highest BCUT2D eigenvalue weighted by molar-refractivity contribution is 7.89. The predicted octanol–water partition coefficient (Wildman–Crippen LogP) is 2.12. The first kappa shape index (κ1) is 19.2. The molecule has 2 aromatic rings. The summed E-state index contributed by atoms with van der Waals surface area (Å²) in [5.74, 6) is -1.63. The number of hydrogen-bond donors (Lipinski definition) is 0. The van der Waals surface area contributed by atoms with Crippen LogP contribution in [0, 0.1) is 11.6 Å². The molecule has 3 rings (SSSR count). The van der Waals surface area contributed by atoms with Gasteiger partial charge in [-0.15, -0.1) is 0 Å². The average molecular weight is 396 g/mol. The Balaban J connectivity index is 1.70. The van der Waals surface area contributed by atoms with Gasteiger partial charge in [0.1, 0.15) is 17.4 Å². The van der Waals surface area contributed by atoms with Crippen LogP contribution in [0.15, 0.2) is 47.4 Å². The van der Waals surface area contributed by atoms with Crippen LogP contribution in [0.25, 0.3) is 0 Å². The molecule has 1 saturated heterocycles. The summed E-state index contributed by atoms with van der Waals surface area (Å²) in [5.41, 5.74) is -0.360. The molecule has 1 aliphatic rings. The van der Waals surface area contributed by atoms with Crippen molar-refractivity contribution in [1.29, 1.82) is 0 Å². The van der Waals surface area contributed by atoms with Crippen molar-refractivity contribution in [3.8, 4) is 5.75 Å². The molecule has 0 atom stereocenters. The van der Waals surface area contributed by atoms with Gasteiger partial charge in [-0.1, -0.05) is 0 Å². The van der Waals surface area contributed by atoms with Gasteiger partial charge in [0, 0.05) is 26.2 Å². The van der Waals surface area contributed by atoms with Crippen LogP contribution in [-0.2, 0) is 10.0 Å². The Labute approximate surface area is 156 Å². The zero-order valence-electron chi connectivity index (χ0n) is 14.6. The second-order valence-electron chi connectivity index (χ2n) is 6.00. The molecule has 0 spiro atoms.